The number of allylic oxidation sites excluding steroid dienone is 8. The summed E-state index contributed by atoms with van der Waals surface area (Å²) < 4.78 is 0. The van der Waals surface area contributed by atoms with Gasteiger partial charge in [-0.1, -0.05) is 61.7 Å². The van der Waals surface area contributed by atoms with Crippen LogP contribution in [0.5, 0.6) is 0 Å². The Morgan fingerprint density at radius 2 is 1.14 bits per heavy atom. The molecule has 22 heavy (non-hydrogen) atoms. The Morgan fingerprint density at radius 3 is 1.41 bits per heavy atom. The van der Waals surface area contributed by atoms with Crippen molar-refractivity contribution in [3.8, 4) is 0 Å². The first-order valence-electron chi connectivity index (χ1n) is 7.54. The maximum absolute atomic E-state index is 3.61. The third-order valence-electron chi connectivity index (χ3n) is 4.55. The van der Waals surface area contributed by atoms with Crippen LogP contribution in [0.25, 0.3) is 0 Å². The summed E-state index contributed by atoms with van der Waals surface area (Å²) in [5.74, 6) is 0. The van der Waals surface area contributed by atoms with Crippen LogP contribution in [0.2, 0.25) is 13.1 Å². The molecular formula is C18H26Cl2SiTi. The predicted molar refractivity (Wildman–Crippen MR) is 86.2 cm³/mol. The molecule has 0 spiro atoms. The number of halogens is 2. The van der Waals surface area contributed by atoms with Gasteiger partial charge in [0.05, 0.1) is 0 Å². The van der Waals surface area contributed by atoms with Gasteiger partial charge >= 0.3 is 21.7 Å². The molecule has 2 aliphatic rings. The van der Waals surface area contributed by atoms with Gasteiger partial charge in [0.25, 0.3) is 0 Å². The normalized spacial score (nSPS) is 17.5. The zero-order chi connectivity index (χ0) is 14.2. The third kappa shape index (κ3) is 4.30. The van der Waals surface area contributed by atoms with Gasteiger partial charge in [0, 0.05) is 0 Å². The van der Waals surface area contributed by atoms with Crippen LogP contribution in [-0.4, -0.2) is 8.07 Å². The summed E-state index contributed by atoms with van der Waals surface area (Å²) >= 11 is 0. The van der Waals surface area contributed by atoms with Crippen molar-refractivity contribution < 1.29 is 46.5 Å². The molecule has 0 aromatic heterocycles. The standard InChI is InChI=1S/C18H26Si.2ClH.Ti/c1-7-15-11-9-13(3)17(15)19(5,6)18-14(4)10-12-16(18)8-2;;;/h7-10H2,1-6H3;2*1H;/q-2;;;+4/p-2. The molecular weight excluding hydrogens is 363 g/mol. The van der Waals surface area contributed by atoms with Crippen LogP contribution >= 0.6 is 0 Å². The average Bonchev–Trinajstić information content (AvgIpc) is 2.92. The quantitative estimate of drug-likeness (QED) is 0.449. The molecule has 0 nitrogen and oxygen atoms in total. The minimum Gasteiger partial charge on any atom is -1.00 e. The second kappa shape index (κ2) is 9.69. The molecule has 0 N–H and O–H groups in total. The summed E-state index contributed by atoms with van der Waals surface area (Å²) in [6.07, 6.45) is 11.6. The van der Waals surface area contributed by atoms with Gasteiger partial charge in [-0.25, -0.2) is 21.5 Å². The minimum atomic E-state index is -1.57. The summed E-state index contributed by atoms with van der Waals surface area (Å²) in [4.78, 5) is 0. The molecule has 0 saturated carbocycles. The molecule has 0 unspecified atom stereocenters. The van der Waals surface area contributed by atoms with E-state index in [-0.39, 0.29) is 46.5 Å². The molecule has 0 atom stereocenters. The van der Waals surface area contributed by atoms with Crippen molar-refractivity contribution in [2.45, 2.75) is 66.5 Å². The first-order valence-corrected chi connectivity index (χ1v) is 10.5. The number of hydrogen-bond donors (Lipinski definition) is 0. The largest absolute Gasteiger partial charge is 4.00 e. The van der Waals surface area contributed by atoms with Crippen LogP contribution in [0, 0.1) is 12.2 Å². The molecule has 0 heterocycles. The van der Waals surface area contributed by atoms with Gasteiger partial charge in [-0.2, -0.15) is 11.1 Å². The molecule has 2 rings (SSSR count). The Kier molecular flexibility index (Phi) is 10.9. The molecule has 0 fully saturated rings. The zero-order valence-electron chi connectivity index (χ0n) is 14.6. The van der Waals surface area contributed by atoms with E-state index < -0.39 is 8.07 Å². The second-order valence-electron chi connectivity index (χ2n) is 6.31. The van der Waals surface area contributed by atoms with Crippen molar-refractivity contribution in [1.82, 2.24) is 0 Å². The molecule has 0 radical (unpaired) electrons. The fraction of sp³-hybridized carbons (Fsp3) is 0.556. The van der Waals surface area contributed by atoms with Crippen molar-refractivity contribution >= 4 is 8.07 Å². The maximum Gasteiger partial charge on any atom is 4.00 e. The minimum absolute atomic E-state index is 0. The molecule has 0 amide bonds. The summed E-state index contributed by atoms with van der Waals surface area (Å²) in [5, 5.41) is 3.36. The first-order chi connectivity index (χ1) is 8.93. The van der Waals surface area contributed by atoms with Crippen LogP contribution in [0.15, 0.2) is 32.7 Å². The molecule has 2 aliphatic carbocycles. The molecule has 120 valence electrons. The van der Waals surface area contributed by atoms with Crippen molar-refractivity contribution in [3.63, 3.8) is 0 Å². The molecule has 4 heteroatoms. The van der Waals surface area contributed by atoms with E-state index in [2.05, 4.69) is 52.9 Å². The van der Waals surface area contributed by atoms with E-state index >= 15 is 0 Å². The molecule has 0 aliphatic heterocycles. The molecule has 0 aromatic rings. The molecule has 0 saturated heterocycles. The van der Waals surface area contributed by atoms with Crippen molar-refractivity contribution in [1.29, 1.82) is 0 Å². The monoisotopic (exact) mass is 388 g/mol. The predicted octanol–water partition coefficient (Wildman–Crippen LogP) is -0.502. The smallest absolute Gasteiger partial charge is 1.00 e. The molecule has 0 bridgehead atoms. The summed E-state index contributed by atoms with van der Waals surface area (Å²) in [6.45, 7) is 14.2. The summed E-state index contributed by atoms with van der Waals surface area (Å²) in [7, 11) is -1.57. The topological polar surface area (TPSA) is 0 Å². The zero-order valence-corrected chi connectivity index (χ0v) is 18.7. The number of hydrogen-bond acceptors (Lipinski definition) is 0. The van der Waals surface area contributed by atoms with Gasteiger partial charge in [0.2, 0.25) is 0 Å². The van der Waals surface area contributed by atoms with E-state index in [0.717, 1.165) is 25.7 Å². The van der Waals surface area contributed by atoms with E-state index in [1.165, 1.54) is 11.1 Å². The van der Waals surface area contributed by atoms with Crippen molar-refractivity contribution in [3.05, 3.63) is 44.8 Å². The summed E-state index contributed by atoms with van der Waals surface area (Å²) in [5.41, 5.74) is 6.13. The summed E-state index contributed by atoms with van der Waals surface area (Å²) in [6, 6.07) is 0. The van der Waals surface area contributed by atoms with Crippen LogP contribution in [0.1, 0.15) is 53.4 Å². The van der Waals surface area contributed by atoms with Gasteiger partial charge in [0.1, 0.15) is 0 Å². The SMILES string of the molecule is CCC1=[C-]CC(C)=C1[Si](C)(C)C1=C(C)C[C-]=C1CC.[Cl-].[Cl-].[Ti+4]. The third-order valence-corrected chi connectivity index (χ3v) is 8.51. The fourth-order valence-electron chi connectivity index (χ4n) is 3.90. The van der Waals surface area contributed by atoms with Crippen LogP contribution in [0.3, 0.4) is 0 Å². The van der Waals surface area contributed by atoms with E-state index in [9.17, 15) is 0 Å². The Bertz CT molecular complexity index is 479. The van der Waals surface area contributed by atoms with Crippen LogP contribution < -0.4 is 24.8 Å². The van der Waals surface area contributed by atoms with Gasteiger partial charge < -0.3 is 24.8 Å². The van der Waals surface area contributed by atoms with Crippen LogP contribution in [0.4, 0.5) is 0 Å². The Morgan fingerprint density at radius 1 is 0.818 bits per heavy atom. The fourth-order valence-corrected chi connectivity index (χ4v) is 8.50. The van der Waals surface area contributed by atoms with E-state index in [1.54, 1.807) is 21.5 Å². The maximum atomic E-state index is 3.61. The van der Waals surface area contributed by atoms with Crippen LogP contribution in [-0.2, 0) is 21.7 Å². The Labute approximate surface area is 165 Å². The van der Waals surface area contributed by atoms with E-state index in [1.807, 2.05) is 0 Å². The van der Waals surface area contributed by atoms with Crippen molar-refractivity contribution in [2.24, 2.45) is 0 Å². The van der Waals surface area contributed by atoms with Gasteiger partial charge in [-0.3, -0.25) is 12.2 Å². The number of rotatable bonds is 4. The van der Waals surface area contributed by atoms with Gasteiger partial charge in [-0.05, 0) is 0 Å². The Balaban J connectivity index is 0. The van der Waals surface area contributed by atoms with Crippen molar-refractivity contribution in [2.75, 3.05) is 0 Å². The van der Waals surface area contributed by atoms with E-state index in [4.69, 9.17) is 0 Å². The molecule has 0 aromatic carbocycles. The van der Waals surface area contributed by atoms with Gasteiger partial charge in [0.15, 0.2) is 0 Å². The van der Waals surface area contributed by atoms with Gasteiger partial charge in [-0.15, -0.1) is 12.8 Å². The first kappa shape index (κ1) is 24.7. The van der Waals surface area contributed by atoms with E-state index in [0.29, 0.717) is 0 Å². The second-order valence-corrected chi connectivity index (χ2v) is 10.6. The Hall–Kier alpha value is 0.471. The average molecular weight is 389 g/mol.